The maximum atomic E-state index is 5.16. The molecule has 0 amide bonds. The third kappa shape index (κ3) is 3.29. The van der Waals surface area contributed by atoms with Crippen molar-refractivity contribution in [3.63, 3.8) is 0 Å². The molecular weight excluding hydrogens is 258 g/mol. The Hall–Kier alpha value is -0.460. The predicted molar refractivity (Wildman–Crippen MR) is 59.5 cm³/mol. The molecule has 0 aliphatic rings. The Morgan fingerprint density at radius 3 is 3.00 bits per heavy atom. The van der Waals surface area contributed by atoms with Gasteiger partial charge in [0, 0.05) is 4.88 Å². The summed E-state index contributed by atoms with van der Waals surface area (Å²) >= 11 is 9.48. The molecular formula is C6H6BrN3S2. The number of nitrogens with zero attached hydrogens (tertiary/aromatic N) is 1. The molecule has 1 aromatic rings. The van der Waals surface area contributed by atoms with Crippen LogP contribution in [-0.4, -0.2) is 11.3 Å². The second-order valence-electron chi connectivity index (χ2n) is 1.88. The fourth-order valence-electron chi connectivity index (χ4n) is 0.557. The Balaban J connectivity index is 2.52. The number of nitrogens with one attached hydrogen (secondary N) is 1. The number of hydrogen-bond donors (Lipinski definition) is 2. The van der Waals surface area contributed by atoms with Crippen molar-refractivity contribution in [2.75, 3.05) is 0 Å². The Morgan fingerprint density at radius 1 is 1.75 bits per heavy atom. The van der Waals surface area contributed by atoms with Gasteiger partial charge >= 0.3 is 0 Å². The maximum Gasteiger partial charge on any atom is 0.184 e. The van der Waals surface area contributed by atoms with Crippen LogP contribution in [0.2, 0.25) is 0 Å². The maximum absolute atomic E-state index is 5.16. The van der Waals surface area contributed by atoms with Crippen molar-refractivity contribution in [3.05, 3.63) is 20.8 Å². The Kier molecular flexibility index (Phi) is 3.64. The van der Waals surface area contributed by atoms with Crippen LogP contribution in [0, 0.1) is 0 Å². The van der Waals surface area contributed by atoms with E-state index in [9.17, 15) is 0 Å². The van der Waals surface area contributed by atoms with Crippen LogP contribution in [0.4, 0.5) is 0 Å². The first-order chi connectivity index (χ1) is 5.68. The minimum atomic E-state index is 0.168. The number of hydrogen-bond acceptors (Lipinski definition) is 3. The molecule has 3 N–H and O–H groups in total. The smallest absolute Gasteiger partial charge is 0.184 e. The van der Waals surface area contributed by atoms with E-state index in [1.165, 1.54) is 0 Å². The van der Waals surface area contributed by atoms with Gasteiger partial charge in [0.15, 0.2) is 5.11 Å². The molecule has 64 valence electrons. The van der Waals surface area contributed by atoms with Crippen LogP contribution < -0.4 is 11.2 Å². The van der Waals surface area contributed by atoms with E-state index in [1.807, 2.05) is 12.1 Å². The lowest BCUT2D eigenvalue weighted by atomic mass is 10.5. The van der Waals surface area contributed by atoms with Crippen molar-refractivity contribution in [1.82, 2.24) is 5.43 Å². The van der Waals surface area contributed by atoms with Gasteiger partial charge in [-0.2, -0.15) is 5.10 Å². The van der Waals surface area contributed by atoms with Crippen LogP contribution in [0.25, 0.3) is 0 Å². The van der Waals surface area contributed by atoms with E-state index in [0.29, 0.717) is 0 Å². The molecule has 0 fully saturated rings. The molecule has 0 unspecified atom stereocenters. The molecule has 1 aromatic heterocycles. The highest BCUT2D eigenvalue weighted by molar-refractivity contribution is 9.11. The lowest BCUT2D eigenvalue weighted by Crippen LogP contribution is -2.23. The van der Waals surface area contributed by atoms with Crippen LogP contribution in [-0.2, 0) is 0 Å². The van der Waals surface area contributed by atoms with Crippen LogP contribution in [0.5, 0.6) is 0 Å². The minimum Gasteiger partial charge on any atom is -0.375 e. The first-order valence-corrected chi connectivity index (χ1v) is 5.04. The first-order valence-electron chi connectivity index (χ1n) is 3.02. The second kappa shape index (κ2) is 4.54. The Bertz CT molecular complexity index is 307. The third-order valence-corrected chi connectivity index (χ3v) is 2.61. The average Bonchev–Trinajstić information content (AvgIpc) is 2.35. The van der Waals surface area contributed by atoms with E-state index in [2.05, 4.69) is 38.7 Å². The van der Waals surface area contributed by atoms with Crippen molar-refractivity contribution >= 4 is 50.8 Å². The normalized spacial score (nSPS) is 10.4. The van der Waals surface area contributed by atoms with Gasteiger partial charge in [0.2, 0.25) is 0 Å². The van der Waals surface area contributed by atoms with Crippen LogP contribution in [0.15, 0.2) is 21.0 Å². The lowest BCUT2D eigenvalue weighted by molar-refractivity contribution is 1.04. The lowest BCUT2D eigenvalue weighted by Gasteiger charge is -1.91. The number of nitrogens with two attached hydrogens (primary N) is 1. The highest BCUT2D eigenvalue weighted by atomic mass is 79.9. The molecule has 0 radical (unpaired) electrons. The molecule has 3 nitrogen and oxygen atoms in total. The Morgan fingerprint density at radius 2 is 2.50 bits per heavy atom. The highest BCUT2D eigenvalue weighted by Gasteiger charge is 1.92. The molecule has 0 saturated carbocycles. The summed E-state index contributed by atoms with van der Waals surface area (Å²) in [4.78, 5) is 1.03. The zero-order chi connectivity index (χ0) is 8.97. The summed E-state index contributed by atoms with van der Waals surface area (Å²) in [5.41, 5.74) is 7.64. The second-order valence-corrected chi connectivity index (χ2v) is 4.81. The van der Waals surface area contributed by atoms with Gasteiger partial charge in [-0.1, -0.05) is 0 Å². The zero-order valence-corrected chi connectivity index (χ0v) is 9.17. The van der Waals surface area contributed by atoms with Gasteiger partial charge < -0.3 is 5.73 Å². The summed E-state index contributed by atoms with van der Waals surface area (Å²) in [6.45, 7) is 0. The number of thiocarbonyl (C=S) groups is 1. The molecule has 0 aromatic carbocycles. The van der Waals surface area contributed by atoms with E-state index < -0.39 is 0 Å². The third-order valence-electron chi connectivity index (χ3n) is 0.961. The number of hydrazone groups is 1. The van der Waals surface area contributed by atoms with Crippen molar-refractivity contribution in [2.24, 2.45) is 10.8 Å². The quantitative estimate of drug-likeness (QED) is 0.485. The minimum absolute atomic E-state index is 0.168. The fraction of sp³-hybridized carbons (Fsp3) is 0. The average molecular weight is 264 g/mol. The molecule has 0 atom stereocenters. The highest BCUT2D eigenvalue weighted by Crippen LogP contribution is 2.20. The van der Waals surface area contributed by atoms with E-state index in [4.69, 9.17) is 5.73 Å². The number of thiophene rings is 1. The predicted octanol–water partition coefficient (Wildman–Crippen LogP) is 1.68. The number of rotatable bonds is 2. The molecule has 0 spiro atoms. The van der Waals surface area contributed by atoms with E-state index >= 15 is 0 Å². The van der Waals surface area contributed by atoms with Crippen molar-refractivity contribution in [2.45, 2.75) is 0 Å². The molecule has 1 rings (SSSR count). The summed E-state index contributed by atoms with van der Waals surface area (Å²) in [5, 5.41) is 3.97. The Labute approximate surface area is 87.8 Å². The first kappa shape index (κ1) is 9.63. The van der Waals surface area contributed by atoms with Gasteiger partial charge in [-0.05, 0) is 40.3 Å². The van der Waals surface area contributed by atoms with E-state index in [-0.39, 0.29) is 5.11 Å². The van der Waals surface area contributed by atoms with Gasteiger partial charge in [-0.15, -0.1) is 11.3 Å². The summed E-state index contributed by atoms with van der Waals surface area (Å²) in [6, 6.07) is 3.90. The van der Waals surface area contributed by atoms with Gasteiger partial charge in [-0.3, -0.25) is 5.43 Å². The SMILES string of the molecule is NC(=S)N/N=C\c1ccc(Br)s1. The van der Waals surface area contributed by atoms with Crippen molar-refractivity contribution in [1.29, 1.82) is 0 Å². The zero-order valence-electron chi connectivity index (χ0n) is 5.95. The van der Waals surface area contributed by atoms with Crippen LogP contribution in [0.3, 0.4) is 0 Å². The molecule has 0 saturated heterocycles. The van der Waals surface area contributed by atoms with E-state index in [1.54, 1.807) is 17.6 Å². The van der Waals surface area contributed by atoms with Gasteiger partial charge in [0.05, 0.1) is 10.0 Å². The summed E-state index contributed by atoms with van der Waals surface area (Å²) in [5.74, 6) is 0. The summed E-state index contributed by atoms with van der Waals surface area (Å²) in [6.07, 6.45) is 1.66. The van der Waals surface area contributed by atoms with Crippen LogP contribution in [0.1, 0.15) is 4.88 Å². The largest absolute Gasteiger partial charge is 0.375 e. The molecule has 6 heteroatoms. The molecule has 0 aliphatic heterocycles. The molecule has 0 aliphatic carbocycles. The van der Waals surface area contributed by atoms with Gasteiger partial charge in [0.1, 0.15) is 0 Å². The number of halogens is 1. The van der Waals surface area contributed by atoms with Gasteiger partial charge in [0.25, 0.3) is 0 Å². The standard InChI is InChI=1S/C6H6BrN3S2/c7-5-2-1-4(12-5)3-9-10-6(8)11/h1-3H,(H3,8,10,11)/b9-3-. The molecule has 12 heavy (non-hydrogen) atoms. The van der Waals surface area contributed by atoms with Crippen molar-refractivity contribution < 1.29 is 0 Å². The molecule has 0 bridgehead atoms. The van der Waals surface area contributed by atoms with Crippen LogP contribution >= 0.6 is 39.5 Å². The fourth-order valence-corrected chi connectivity index (χ4v) is 1.91. The monoisotopic (exact) mass is 263 g/mol. The summed E-state index contributed by atoms with van der Waals surface area (Å²) < 4.78 is 1.07. The van der Waals surface area contributed by atoms with Gasteiger partial charge in [-0.25, -0.2) is 0 Å². The van der Waals surface area contributed by atoms with E-state index in [0.717, 1.165) is 8.66 Å². The summed E-state index contributed by atoms with van der Waals surface area (Å²) in [7, 11) is 0. The van der Waals surface area contributed by atoms with Crippen molar-refractivity contribution in [3.8, 4) is 0 Å². The molecule has 1 heterocycles. The topological polar surface area (TPSA) is 50.4 Å².